The van der Waals surface area contributed by atoms with Crippen LogP contribution in [-0.2, 0) is 4.79 Å². The van der Waals surface area contributed by atoms with Crippen molar-refractivity contribution in [2.45, 2.75) is 77.2 Å². The van der Waals surface area contributed by atoms with Gasteiger partial charge in [0, 0.05) is 6.04 Å². The molecule has 1 atom stereocenters. The Labute approximate surface area is 133 Å². The molecule has 1 N–H and O–H groups in total. The van der Waals surface area contributed by atoms with Crippen molar-refractivity contribution in [2.75, 3.05) is 0 Å². The molecule has 0 aromatic heterocycles. The van der Waals surface area contributed by atoms with E-state index >= 15 is 0 Å². The van der Waals surface area contributed by atoms with Crippen LogP contribution in [0.15, 0.2) is 0 Å². The third-order valence-corrected chi connectivity index (χ3v) is 7.46. The summed E-state index contributed by atoms with van der Waals surface area (Å²) in [5.41, 5.74) is -0.393. The van der Waals surface area contributed by atoms with Crippen LogP contribution >= 0.6 is 0 Å². The van der Waals surface area contributed by atoms with Gasteiger partial charge in [-0.05, 0) is 81.5 Å². The molecular formula is C19H28N2O. The molecule has 0 spiro atoms. The topological polar surface area (TPSA) is 52.9 Å². The van der Waals surface area contributed by atoms with E-state index in [9.17, 15) is 10.1 Å². The summed E-state index contributed by atoms with van der Waals surface area (Å²) >= 11 is 0. The molecule has 5 aliphatic carbocycles. The third kappa shape index (κ3) is 2.10. The lowest BCUT2D eigenvalue weighted by Gasteiger charge is -2.59. The Balaban J connectivity index is 1.49. The predicted molar refractivity (Wildman–Crippen MR) is 84.7 cm³/mol. The second-order valence-electron chi connectivity index (χ2n) is 8.88. The highest BCUT2D eigenvalue weighted by Crippen LogP contribution is 2.61. The van der Waals surface area contributed by atoms with E-state index in [4.69, 9.17) is 0 Å². The molecule has 5 rings (SSSR count). The van der Waals surface area contributed by atoms with Crippen LogP contribution in [0.3, 0.4) is 0 Å². The van der Waals surface area contributed by atoms with E-state index < -0.39 is 5.41 Å². The number of nitrogens with zero attached hydrogens (tertiary/aromatic N) is 1. The molecule has 0 aliphatic heterocycles. The molecule has 0 saturated heterocycles. The second-order valence-corrected chi connectivity index (χ2v) is 8.88. The van der Waals surface area contributed by atoms with Crippen molar-refractivity contribution in [3.05, 3.63) is 0 Å². The van der Waals surface area contributed by atoms with Crippen molar-refractivity contribution in [2.24, 2.45) is 28.6 Å². The molecule has 4 bridgehead atoms. The van der Waals surface area contributed by atoms with Gasteiger partial charge in [-0.3, -0.25) is 4.79 Å². The first-order chi connectivity index (χ1) is 10.6. The van der Waals surface area contributed by atoms with Gasteiger partial charge in [0.25, 0.3) is 0 Å². The SMILES string of the molecule is C[C@H](NC(=O)C1(C#N)CCCC1)C12CC3CC(CC(C3)C1)C2. The number of nitrogens with one attached hydrogen (secondary N) is 1. The summed E-state index contributed by atoms with van der Waals surface area (Å²) in [7, 11) is 0. The predicted octanol–water partition coefficient (Wildman–Crippen LogP) is 3.79. The van der Waals surface area contributed by atoms with Gasteiger partial charge in [-0.1, -0.05) is 12.8 Å². The zero-order valence-electron chi connectivity index (χ0n) is 13.7. The fraction of sp³-hybridized carbons (Fsp3) is 0.895. The maximum Gasteiger partial charge on any atom is 0.240 e. The smallest absolute Gasteiger partial charge is 0.240 e. The van der Waals surface area contributed by atoms with Gasteiger partial charge in [0.05, 0.1) is 6.07 Å². The molecule has 0 aromatic carbocycles. The molecule has 120 valence electrons. The van der Waals surface area contributed by atoms with E-state index in [-0.39, 0.29) is 11.9 Å². The molecule has 0 aromatic rings. The van der Waals surface area contributed by atoms with Crippen molar-refractivity contribution in [3.8, 4) is 6.07 Å². The van der Waals surface area contributed by atoms with Crippen molar-refractivity contribution < 1.29 is 4.79 Å². The molecule has 0 heterocycles. The van der Waals surface area contributed by atoms with Gasteiger partial charge in [-0.15, -0.1) is 0 Å². The van der Waals surface area contributed by atoms with Crippen molar-refractivity contribution >= 4 is 5.91 Å². The van der Waals surface area contributed by atoms with E-state index in [0.717, 1.165) is 43.4 Å². The molecule has 0 radical (unpaired) electrons. The van der Waals surface area contributed by atoms with Crippen LogP contribution in [0, 0.1) is 39.9 Å². The average molecular weight is 300 g/mol. The highest BCUT2D eigenvalue weighted by Gasteiger charge is 2.54. The monoisotopic (exact) mass is 300 g/mol. The Hall–Kier alpha value is -1.04. The number of amides is 1. The van der Waals surface area contributed by atoms with E-state index in [0.29, 0.717) is 5.41 Å². The summed E-state index contributed by atoms with van der Waals surface area (Å²) in [6.45, 7) is 2.21. The van der Waals surface area contributed by atoms with Crippen molar-refractivity contribution in [1.82, 2.24) is 5.32 Å². The summed E-state index contributed by atoms with van der Waals surface area (Å²) in [4.78, 5) is 12.8. The molecule has 22 heavy (non-hydrogen) atoms. The Morgan fingerprint density at radius 3 is 2.05 bits per heavy atom. The highest BCUT2D eigenvalue weighted by atomic mass is 16.2. The van der Waals surface area contributed by atoms with Gasteiger partial charge in [-0.2, -0.15) is 5.26 Å². The van der Waals surface area contributed by atoms with Gasteiger partial charge >= 0.3 is 0 Å². The molecule has 1 amide bonds. The Bertz CT molecular complexity index is 477. The maximum atomic E-state index is 12.8. The number of carbonyl (C=O) groups is 1. The fourth-order valence-corrected chi connectivity index (χ4v) is 6.56. The minimum absolute atomic E-state index is 0.0238. The quantitative estimate of drug-likeness (QED) is 0.862. The molecule has 3 nitrogen and oxygen atoms in total. The minimum Gasteiger partial charge on any atom is -0.352 e. The van der Waals surface area contributed by atoms with Gasteiger partial charge in [0.15, 0.2) is 0 Å². The van der Waals surface area contributed by atoms with Gasteiger partial charge in [-0.25, -0.2) is 0 Å². The van der Waals surface area contributed by atoms with Gasteiger partial charge < -0.3 is 5.32 Å². The van der Waals surface area contributed by atoms with E-state index in [1.165, 1.54) is 38.5 Å². The first-order valence-electron chi connectivity index (χ1n) is 9.27. The molecule has 5 fully saturated rings. The third-order valence-electron chi connectivity index (χ3n) is 7.46. The number of carbonyl (C=O) groups excluding carboxylic acids is 1. The Morgan fingerprint density at radius 1 is 1.09 bits per heavy atom. The summed E-state index contributed by atoms with van der Waals surface area (Å²) in [6.07, 6.45) is 11.8. The molecule has 5 saturated carbocycles. The largest absolute Gasteiger partial charge is 0.352 e. The molecule has 0 unspecified atom stereocenters. The van der Waals surface area contributed by atoms with Crippen LogP contribution < -0.4 is 5.32 Å². The van der Waals surface area contributed by atoms with E-state index in [2.05, 4.69) is 18.3 Å². The standard InChI is InChI=1S/C19H28N2O/c1-13(21-17(22)18(12-20)4-2-3-5-18)19-9-14-6-15(10-19)8-16(7-14)11-19/h13-16H,2-11H2,1H3,(H,21,22)/t13-,14?,15?,16?,19?/m0/s1. The molecule has 5 aliphatic rings. The molecular weight excluding hydrogens is 272 g/mol. The fourth-order valence-electron chi connectivity index (χ4n) is 6.56. The Kier molecular flexibility index (Phi) is 3.29. The minimum atomic E-state index is -0.726. The van der Waals surface area contributed by atoms with Crippen LogP contribution in [0.1, 0.15) is 71.1 Å². The molecule has 3 heteroatoms. The summed E-state index contributed by atoms with van der Waals surface area (Å²) in [5.74, 6) is 2.74. The number of nitriles is 1. The lowest BCUT2D eigenvalue weighted by molar-refractivity contribution is -0.132. The zero-order chi connectivity index (χ0) is 15.4. The summed E-state index contributed by atoms with van der Waals surface area (Å²) in [5, 5.41) is 12.8. The van der Waals surface area contributed by atoms with E-state index in [1.54, 1.807) is 0 Å². The van der Waals surface area contributed by atoms with Gasteiger partial charge in [0.2, 0.25) is 5.91 Å². The van der Waals surface area contributed by atoms with Crippen molar-refractivity contribution in [3.63, 3.8) is 0 Å². The lowest BCUT2D eigenvalue weighted by atomic mass is 9.48. The first-order valence-corrected chi connectivity index (χ1v) is 9.27. The average Bonchev–Trinajstić information content (AvgIpc) is 2.96. The van der Waals surface area contributed by atoms with Crippen LogP contribution in [-0.4, -0.2) is 11.9 Å². The summed E-state index contributed by atoms with van der Waals surface area (Å²) < 4.78 is 0. The summed E-state index contributed by atoms with van der Waals surface area (Å²) in [6, 6.07) is 2.58. The lowest BCUT2D eigenvalue weighted by Crippen LogP contribution is -2.57. The van der Waals surface area contributed by atoms with Crippen LogP contribution in [0.25, 0.3) is 0 Å². The number of hydrogen-bond acceptors (Lipinski definition) is 2. The maximum absolute atomic E-state index is 12.8. The number of rotatable bonds is 3. The van der Waals surface area contributed by atoms with E-state index in [1.807, 2.05) is 0 Å². The van der Waals surface area contributed by atoms with Crippen LogP contribution in [0.4, 0.5) is 0 Å². The first kappa shape index (κ1) is 14.5. The normalized spacial score (nSPS) is 42.8. The van der Waals surface area contributed by atoms with Gasteiger partial charge in [0.1, 0.15) is 5.41 Å². The van der Waals surface area contributed by atoms with Crippen molar-refractivity contribution in [1.29, 1.82) is 5.26 Å². The second kappa shape index (κ2) is 4.98. The highest BCUT2D eigenvalue weighted by molar-refractivity contribution is 5.86. The van der Waals surface area contributed by atoms with Crippen LogP contribution in [0.5, 0.6) is 0 Å². The number of hydrogen-bond donors (Lipinski definition) is 1. The Morgan fingerprint density at radius 2 is 1.59 bits per heavy atom. The zero-order valence-corrected chi connectivity index (χ0v) is 13.7. The van der Waals surface area contributed by atoms with Crippen LogP contribution in [0.2, 0.25) is 0 Å².